The molecule has 12 heteroatoms. The minimum atomic E-state index is -4.07. The Labute approximate surface area is 232 Å². The molecule has 0 saturated carbocycles. The summed E-state index contributed by atoms with van der Waals surface area (Å²) in [6.07, 6.45) is 5.04. The van der Waals surface area contributed by atoms with E-state index >= 15 is 0 Å². The molecular weight excluding hydrogens is 542 g/mol. The van der Waals surface area contributed by atoms with Gasteiger partial charge in [0, 0.05) is 55.8 Å². The standard InChI is InChI=1S/C27H30ClN5O5S/c1-30(22-9-13-31(14-10-22)23-7-11-29-12-8-23)33-25(27(35)38-2)17-32(18-26(33)34)39(36,37)24-6-4-19-15-21(28)5-3-20(19)16-24/h3-8,11-12,15-16,22,25H,9-10,13-14,17-18H2,1-2H3. The molecule has 1 aromatic heterocycles. The van der Waals surface area contributed by atoms with Crippen LogP contribution in [0, 0.1) is 0 Å². The molecule has 39 heavy (non-hydrogen) atoms. The number of rotatable bonds is 6. The number of pyridine rings is 1. The molecule has 0 spiro atoms. The predicted octanol–water partition coefficient (Wildman–Crippen LogP) is 2.78. The second-order valence-electron chi connectivity index (χ2n) is 9.73. The third-order valence-corrected chi connectivity index (χ3v) is 9.53. The largest absolute Gasteiger partial charge is 0.467 e. The zero-order valence-corrected chi connectivity index (χ0v) is 23.3. The maximum Gasteiger partial charge on any atom is 0.331 e. The molecule has 0 aliphatic carbocycles. The predicted molar refractivity (Wildman–Crippen MR) is 148 cm³/mol. The number of piperidine rings is 1. The molecule has 10 nitrogen and oxygen atoms in total. The van der Waals surface area contributed by atoms with Crippen LogP contribution in [0.4, 0.5) is 5.69 Å². The maximum atomic E-state index is 13.6. The number of hydrazine groups is 1. The van der Waals surface area contributed by atoms with Crippen LogP contribution in [-0.2, 0) is 24.3 Å². The third kappa shape index (κ3) is 5.44. The number of sulfonamides is 1. The summed E-state index contributed by atoms with van der Waals surface area (Å²) in [4.78, 5) is 32.7. The molecule has 3 heterocycles. The van der Waals surface area contributed by atoms with E-state index in [1.165, 1.54) is 18.2 Å². The average Bonchev–Trinajstić information content (AvgIpc) is 2.96. The summed E-state index contributed by atoms with van der Waals surface area (Å²) < 4.78 is 33.3. The number of hydrogen-bond acceptors (Lipinski definition) is 8. The van der Waals surface area contributed by atoms with Gasteiger partial charge in [0.15, 0.2) is 6.04 Å². The number of aromatic nitrogens is 1. The van der Waals surface area contributed by atoms with Crippen molar-refractivity contribution in [3.05, 3.63) is 65.9 Å². The number of hydrogen-bond donors (Lipinski definition) is 0. The Morgan fingerprint density at radius 3 is 2.41 bits per heavy atom. The molecule has 5 rings (SSSR count). The van der Waals surface area contributed by atoms with Crippen LogP contribution in [0.15, 0.2) is 65.8 Å². The number of ether oxygens (including phenoxy) is 1. The van der Waals surface area contributed by atoms with Crippen LogP contribution in [0.3, 0.4) is 0 Å². The number of carbonyl (C=O) groups excluding carboxylic acids is 2. The van der Waals surface area contributed by atoms with Crippen molar-refractivity contribution in [2.45, 2.75) is 29.8 Å². The second kappa shape index (κ2) is 11.1. The SMILES string of the molecule is COC(=O)C1CN(S(=O)(=O)c2ccc3cc(Cl)ccc3c2)CC(=O)N1N(C)C1CCN(c2ccncc2)CC1. The highest BCUT2D eigenvalue weighted by Gasteiger charge is 2.45. The quantitative estimate of drug-likeness (QED) is 0.416. The molecule has 2 aromatic carbocycles. The van der Waals surface area contributed by atoms with Gasteiger partial charge in [-0.3, -0.25) is 14.8 Å². The van der Waals surface area contributed by atoms with Gasteiger partial charge in [0.05, 0.1) is 18.6 Å². The third-order valence-electron chi connectivity index (χ3n) is 7.48. The minimum absolute atomic E-state index is 0.00494. The van der Waals surface area contributed by atoms with Crippen molar-refractivity contribution in [3.63, 3.8) is 0 Å². The van der Waals surface area contributed by atoms with Crippen molar-refractivity contribution < 1.29 is 22.7 Å². The van der Waals surface area contributed by atoms with Crippen LogP contribution in [0.5, 0.6) is 0 Å². The highest BCUT2D eigenvalue weighted by Crippen LogP contribution is 2.29. The molecule has 1 atom stereocenters. The first-order chi connectivity index (χ1) is 18.7. The molecule has 2 fully saturated rings. The van der Waals surface area contributed by atoms with Gasteiger partial charge >= 0.3 is 5.97 Å². The zero-order valence-electron chi connectivity index (χ0n) is 21.7. The zero-order chi connectivity index (χ0) is 27.7. The van der Waals surface area contributed by atoms with E-state index in [2.05, 4.69) is 9.88 Å². The average molecular weight is 572 g/mol. The second-order valence-corrected chi connectivity index (χ2v) is 12.1. The summed E-state index contributed by atoms with van der Waals surface area (Å²) in [6, 6.07) is 12.7. The van der Waals surface area contributed by atoms with Crippen molar-refractivity contribution in [2.24, 2.45) is 0 Å². The van der Waals surface area contributed by atoms with E-state index in [1.807, 2.05) is 12.1 Å². The molecule has 1 unspecified atom stereocenters. The van der Waals surface area contributed by atoms with Crippen LogP contribution < -0.4 is 4.90 Å². The molecule has 3 aromatic rings. The van der Waals surface area contributed by atoms with E-state index in [0.717, 1.165) is 41.3 Å². The summed E-state index contributed by atoms with van der Waals surface area (Å²) in [5.41, 5.74) is 1.09. The molecule has 1 amide bonds. The van der Waals surface area contributed by atoms with Crippen LogP contribution in [-0.4, -0.2) is 92.0 Å². The first-order valence-corrected chi connectivity index (χ1v) is 14.5. The Morgan fingerprint density at radius 2 is 1.72 bits per heavy atom. The summed E-state index contributed by atoms with van der Waals surface area (Å²) >= 11 is 6.06. The minimum Gasteiger partial charge on any atom is -0.467 e. The van der Waals surface area contributed by atoms with E-state index in [-0.39, 0.29) is 24.0 Å². The van der Waals surface area contributed by atoms with E-state index in [1.54, 1.807) is 54.8 Å². The lowest BCUT2D eigenvalue weighted by molar-refractivity contribution is -0.178. The van der Waals surface area contributed by atoms with Crippen LogP contribution in [0.1, 0.15) is 12.8 Å². The Balaban J connectivity index is 1.35. The fraction of sp³-hybridized carbons (Fsp3) is 0.370. The van der Waals surface area contributed by atoms with Crippen LogP contribution >= 0.6 is 11.6 Å². The molecular formula is C27H30ClN5O5S. The molecule has 2 saturated heterocycles. The fourth-order valence-electron chi connectivity index (χ4n) is 5.35. The van der Waals surface area contributed by atoms with Crippen LogP contribution in [0.2, 0.25) is 5.02 Å². The number of piperazine rings is 1. The normalized spacial score (nSPS) is 19.6. The Hall–Kier alpha value is -3.25. The fourth-order valence-corrected chi connectivity index (χ4v) is 6.97. The van der Waals surface area contributed by atoms with Gasteiger partial charge < -0.3 is 9.64 Å². The van der Waals surface area contributed by atoms with E-state index in [9.17, 15) is 18.0 Å². The summed E-state index contributed by atoms with van der Waals surface area (Å²) in [6.45, 7) is 0.962. The Morgan fingerprint density at radius 1 is 1.05 bits per heavy atom. The van der Waals surface area contributed by atoms with E-state index in [4.69, 9.17) is 16.3 Å². The number of fused-ring (bicyclic) bond motifs is 1. The number of nitrogens with zero attached hydrogens (tertiary/aromatic N) is 5. The molecule has 2 aliphatic heterocycles. The number of carbonyl (C=O) groups is 2. The number of anilines is 1. The molecule has 0 bridgehead atoms. The Bertz CT molecular complexity index is 1480. The maximum absolute atomic E-state index is 13.6. The van der Waals surface area contributed by atoms with Crippen molar-refractivity contribution in [1.82, 2.24) is 19.3 Å². The van der Waals surface area contributed by atoms with Gasteiger partial charge in [-0.05, 0) is 60.0 Å². The highest BCUT2D eigenvalue weighted by molar-refractivity contribution is 7.89. The van der Waals surface area contributed by atoms with Crippen LogP contribution in [0.25, 0.3) is 10.8 Å². The van der Waals surface area contributed by atoms with Gasteiger partial charge in [-0.1, -0.05) is 23.7 Å². The van der Waals surface area contributed by atoms with Gasteiger partial charge in [0.2, 0.25) is 10.0 Å². The van der Waals surface area contributed by atoms with Gasteiger partial charge in [-0.2, -0.15) is 4.31 Å². The van der Waals surface area contributed by atoms with Crippen molar-refractivity contribution in [3.8, 4) is 0 Å². The van der Waals surface area contributed by atoms with E-state index < -0.39 is 27.9 Å². The van der Waals surface area contributed by atoms with E-state index in [0.29, 0.717) is 10.4 Å². The summed E-state index contributed by atoms with van der Waals surface area (Å²) in [5, 5.41) is 5.22. The monoisotopic (exact) mass is 571 g/mol. The van der Waals surface area contributed by atoms with Gasteiger partial charge in [0.1, 0.15) is 0 Å². The number of benzene rings is 2. The van der Waals surface area contributed by atoms with Gasteiger partial charge in [-0.25, -0.2) is 18.2 Å². The first-order valence-electron chi connectivity index (χ1n) is 12.7. The first kappa shape index (κ1) is 27.3. The summed E-state index contributed by atoms with van der Waals surface area (Å²) in [7, 11) is -1.06. The molecule has 0 N–H and O–H groups in total. The van der Waals surface area contributed by atoms with Crippen molar-refractivity contribution in [1.29, 1.82) is 0 Å². The van der Waals surface area contributed by atoms with Gasteiger partial charge in [0.25, 0.3) is 5.91 Å². The highest BCUT2D eigenvalue weighted by atomic mass is 35.5. The lowest BCUT2D eigenvalue weighted by Gasteiger charge is -2.47. The number of methoxy groups -OCH3 is 1. The van der Waals surface area contributed by atoms with Crippen molar-refractivity contribution >= 4 is 50.0 Å². The smallest absolute Gasteiger partial charge is 0.331 e. The summed E-state index contributed by atoms with van der Waals surface area (Å²) in [5.74, 6) is -1.15. The molecule has 206 valence electrons. The lowest BCUT2D eigenvalue weighted by Crippen LogP contribution is -2.66. The number of amides is 1. The van der Waals surface area contributed by atoms with Crippen molar-refractivity contribution in [2.75, 3.05) is 45.2 Å². The Kier molecular flexibility index (Phi) is 7.77. The topological polar surface area (TPSA) is 103 Å². The molecule has 2 aliphatic rings. The molecule has 0 radical (unpaired) electrons. The van der Waals surface area contributed by atoms with Gasteiger partial charge in [-0.15, -0.1) is 0 Å². The number of halogens is 1. The lowest BCUT2D eigenvalue weighted by atomic mass is 10.0. The number of esters is 1.